The van der Waals surface area contributed by atoms with Gasteiger partial charge in [0.05, 0.1) is 0 Å². The summed E-state index contributed by atoms with van der Waals surface area (Å²) in [5.74, 6) is 0.639. The zero-order valence-corrected chi connectivity index (χ0v) is 12.2. The first-order valence-electron chi connectivity index (χ1n) is 7.57. The van der Waals surface area contributed by atoms with E-state index in [0.717, 1.165) is 0 Å². The van der Waals surface area contributed by atoms with Gasteiger partial charge in [-0.3, -0.25) is 0 Å². The molecule has 104 valence electrons. The minimum Gasteiger partial charge on any atom is -0.246 e. The Kier molecular flexibility index (Phi) is 6.67. The zero-order valence-electron chi connectivity index (χ0n) is 12.2. The van der Waals surface area contributed by atoms with E-state index in [0.29, 0.717) is 16.9 Å². The molecule has 1 aliphatic rings. The zero-order chi connectivity index (χ0) is 13.4. The van der Waals surface area contributed by atoms with E-state index < -0.39 is 6.67 Å². The Hall–Kier alpha value is -0.590. The van der Waals surface area contributed by atoms with E-state index in [9.17, 15) is 4.39 Å². The molecule has 0 aromatic carbocycles. The highest BCUT2D eigenvalue weighted by Crippen LogP contribution is 2.46. The maximum Gasteiger partial charge on any atom is 0.114 e. The van der Waals surface area contributed by atoms with Crippen LogP contribution < -0.4 is 0 Å². The van der Waals surface area contributed by atoms with Gasteiger partial charge in [-0.15, -0.1) is 0 Å². The lowest BCUT2D eigenvalue weighted by molar-refractivity contribution is 0.128. The molecule has 1 heteroatoms. The van der Waals surface area contributed by atoms with Gasteiger partial charge in [0, 0.05) is 0 Å². The van der Waals surface area contributed by atoms with E-state index in [1.165, 1.54) is 51.4 Å². The van der Waals surface area contributed by atoms with E-state index in [-0.39, 0.29) is 0 Å². The first-order valence-corrected chi connectivity index (χ1v) is 7.57. The molecule has 0 N–H and O–H groups in total. The van der Waals surface area contributed by atoms with Crippen LogP contribution in [-0.4, -0.2) is 6.67 Å². The number of halogens is 1. The normalized spacial score (nSPS) is 23.4. The van der Waals surface area contributed by atoms with Crippen molar-refractivity contribution in [3.63, 3.8) is 0 Å². The Balaban J connectivity index is 2.62. The third-order valence-corrected chi connectivity index (χ3v) is 4.31. The van der Waals surface area contributed by atoms with Crippen molar-refractivity contribution in [1.29, 1.82) is 0 Å². The van der Waals surface area contributed by atoms with E-state index in [2.05, 4.69) is 26.5 Å². The van der Waals surface area contributed by atoms with Gasteiger partial charge in [-0.2, -0.15) is 0 Å². The smallest absolute Gasteiger partial charge is 0.114 e. The maximum atomic E-state index is 12.4. The van der Waals surface area contributed by atoms with Gasteiger partial charge in [0.1, 0.15) is 6.67 Å². The van der Waals surface area contributed by atoms with Gasteiger partial charge >= 0.3 is 0 Å². The fourth-order valence-corrected chi connectivity index (χ4v) is 3.62. The third kappa shape index (κ3) is 4.59. The number of rotatable bonds is 7. The van der Waals surface area contributed by atoms with Gasteiger partial charge in [0.15, 0.2) is 0 Å². The molecule has 1 rings (SSSR count). The monoisotopic (exact) mass is 252 g/mol. The number of hydrogen-bond acceptors (Lipinski definition) is 0. The van der Waals surface area contributed by atoms with Crippen molar-refractivity contribution in [2.45, 2.75) is 65.2 Å². The van der Waals surface area contributed by atoms with Crippen molar-refractivity contribution < 1.29 is 4.39 Å². The van der Waals surface area contributed by atoms with Gasteiger partial charge in [-0.05, 0) is 49.0 Å². The molecule has 1 saturated carbocycles. The molecule has 1 atom stereocenters. The van der Waals surface area contributed by atoms with Crippen LogP contribution in [0.2, 0.25) is 0 Å². The van der Waals surface area contributed by atoms with Crippen LogP contribution in [0, 0.1) is 11.3 Å². The van der Waals surface area contributed by atoms with Gasteiger partial charge < -0.3 is 0 Å². The average Bonchev–Trinajstić information content (AvgIpc) is 2.37. The van der Waals surface area contributed by atoms with Crippen molar-refractivity contribution in [3.05, 3.63) is 24.3 Å². The van der Waals surface area contributed by atoms with Crippen molar-refractivity contribution in [3.8, 4) is 0 Å². The van der Waals surface area contributed by atoms with Gasteiger partial charge in [0.25, 0.3) is 0 Å². The minimum atomic E-state index is -0.418. The fraction of sp³-hybridized carbons (Fsp3) is 0.765. The Morgan fingerprint density at radius 1 is 1.33 bits per heavy atom. The van der Waals surface area contributed by atoms with Crippen LogP contribution in [0.5, 0.6) is 0 Å². The highest BCUT2D eigenvalue weighted by Gasteiger charge is 2.33. The van der Waals surface area contributed by atoms with E-state index in [1.807, 2.05) is 6.08 Å². The summed E-state index contributed by atoms with van der Waals surface area (Å²) < 4.78 is 12.4. The Bertz CT molecular complexity index is 266. The lowest BCUT2D eigenvalue weighted by Gasteiger charge is -2.40. The summed E-state index contributed by atoms with van der Waals surface area (Å²) in [6.07, 6.45) is 14.7. The van der Waals surface area contributed by atoms with E-state index in [4.69, 9.17) is 0 Å². The van der Waals surface area contributed by atoms with Crippen LogP contribution in [0.1, 0.15) is 65.2 Å². The SMILES string of the molecule is C=C(/C=C\C1CCCC(CCC)(CCC)C1)CF. The molecule has 0 aromatic heterocycles. The second kappa shape index (κ2) is 7.76. The second-order valence-electron chi connectivity index (χ2n) is 6.01. The van der Waals surface area contributed by atoms with Gasteiger partial charge in [-0.1, -0.05) is 51.8 Å². The molecule has 1 aliphatic carbocycles. The van der Waals surface area contributed by atoms with Crippen LogP contribution in [0.4, 0.5) is 4.39 Å². The molecule has 0 aliphatic heterocycles. The van der Waals surface area contributed by atoms with Crippen LogP contribution in [0.3, 0.4) is 0 Å². The summed E-state index contributed by atoms with van der Waals surface area (Å²) >= 11 is 0. The van der Waals surface area contributed by atoms with Gasteiger partial charge in [0.2, 0.25) is 0 Å². The molecular formula is C17H29F. The molecular weight excluding hydrogens is 223 g/mol. The summed E-state index contributed by atoms with van der Waals surface area (Å²) in [6.45, 7) is 7.87. The van der Waals surface area contributed by atoms with Crippen LogP contribution in [0.15, 0.2) is 24.3 Å². The van der Waals surface area contributed by atoms with Crippen LogP contribution in [0.25, 0.3) is 0 Å². The molecule has 0 aromatic rings. The number of allylic oxidation sites excluding steroid dienone is 3. The summed E-state index contributed by atoms with van der Waals surface area (Å²) in [4.78, 5) is 0. The largest absolute Gasteiger partial charge is 0.246 e. The maximum absolute atomic E-state index is 12.4. The fourth-order valence-electron chi connectivity index (χ4n) is 3.62. The summed E-state index contributed by atoms with van der Waals surface area (Å²) in [6, 6.07) is 0. The Morgan fingerprint density at radius 2 is 2.00 bits per heavy atom. The van der Waals surface area contributed by atoms with Crippen LogP contribution >= 0.6 is 0 Å². The molecule has 1 fully saturated rings. The minimum absolute atomic E-state index is 0.418. The summed E-state index contributed by atoms with van der Waals surface area (Å²) in [5, 5.41) is 0. The average molecular weight is 252 g/mol. The van der Waals surface area contributed by atoms with Crippen molar-refractivity contribution in [1.82, 2.24) is 0 Å². The summed E-state index contributed by atoms with van der Waals surface area (Å²) in [5.41, 5.74) is 1.17. The molecule has 1 unspecified atom stereocenters. The predicted molar refractivity (Wildman–Crippen MR) is 78.5 cm³/mol. The number of alkyl halides is 1. The summed E-state index contributed by atoms with van der Waals surface area (Å²) in [7, 11) is 0. The second-order valence-corrected chi connectivity index (χ2v) is 6.01. The highest BCUT2D eigenvalue weighted by molar-refractivity contribution is 5.15. The quantitative estimate of drug-likeness (QED) is 0.499. The van der Waals surface area contributed by atoms with E-state index >= 15 is 0 Å². The first kappa shape index (κ1) is 15.5. The molecule has 18 heavy (non-hydrogen) atoms. The number of hydrogen-bond donors (Lipinski definition) is 0. The van der Waals surface area contributed by atoms with Gasteiger partial charge in [-0.25, -0.2) is 4.39 Å². The Labute approximate surface area is 112 Å². The molecule has 0 saturated heterocycles. The molecule has 0 bridgehead atoms. The predicted octanol–water partition coefficient (Wildman–Crippen LogP) is 5.85. The third-order valence-electron chi connectivity index (χ3n) is 4.31. The van der Waals surface area contributed by atoms with Crippen molar-refractivity contribution >= 4 is 0 Å². The van der Waals surface area contributed by atoms with E-state index in [1.54, 1.807) is 0 Å². The van der Waals surface area contributed by atoms with Crippen molar-refractivity contribution in [2.24, 2.45) is 11.3 Å². The van der Waals surface area contributed by atoms with Crippen molar-refractivity contribution in [2.75, 3.05) is 6.67 Å². The Morgan fingerprint density at radius 3 is 2.56 bits per heavy atom. The molecule has 0 amide bonds. The molecule has 0 spiro atoms. The molecule has 0 nitrogen and oxygen atoms in total. The lowest BCUT2D eigenvalue weighted by Crippen LogP contribution is -2.28. The van der Waals surface area contributed by atoms with Crippen LogP contribution in [-0.2, 0) is 0 Å². The molecule has 0 radical (unpaired) electrons. The highest BCUT2D eigenvalue weighted by atomic mass is 19.1. The first-order chi connectivity index (χ1) is 8.65. The topological polar surface area (TPSA) is 0 Å². The molecule has 0 heterocycles. The standard InChI is InChI=1S/C17H29F/c1-4-10-17(11-5-2)12-6-7-16(13-17)9-8-15(3)14-18/h8-9,16H,3-7,10-14H2,1-2H3/b9-8-. The lowest BCUT2D eigenvalue weighted by atomic mass is 9.65.